The zero-order valence-corrected chi connectivity index (χ0v) is 10.2. The number of anilines is 2. The molecule has 19 heavy (non-hydrogen) atoms. The molecule has 7 heteroatoms. The van der Waals surface area contributed by atoms with Gasteiger partial charge >= 0.3 is 0 Å². The largest absolute Gasteiger partial charge is 0.369 e. The molecule has 2 aromatic rings. The third kappa shape index (κ3) is 3.21. The lowest BCUT2D eigenvalue weighted by molar-refractivity contribution is 0.102. The molecule has 1 amide bonds. The number of pyridine rings is 1. The van der Waals surface area contributed by atoms with E-state index in [-0.39, 0.29) is 11.4 Å². The number of amides is 1. The van der Waals surface area contributed by atoms with E-state index >= 15 is 0 Å². The Morgan fingerprint density at radius 1 is 1.32 bits per heavy atom. The van der Waals surface area contributed by atoms with Crippen LogP contribution in [0.3, 0.4) is 0 Å². The van der Waals surface area contributed by atoms with Gasteiger partial charge in [0, 0.05) is 12.7 Å². The van der Waals surface area contributed by atoms with E-state index in [1.54, 1.807) is 0 Å². The molecule has 2 heterocycles. The van der Waals surface area contributed by atoms with Crippen molar-refractivity contribution in [1.82, 2.24) is 15.0 Å². The highest BCUT2D eigenvalue weighted by atomic mass is 19.1. The summed E-state index contributed by atoms with van der Waals surface area (Å²) in [6.07, 6.45) is 5.18. The van der Waals surface area contributed by atoms with Crippen molar-refractivity contribution in [3.8, 4) is 0 Å². The molecule has 2 aromatic heterocycles. The molecule has 0 saturated carbocycles. The van der Waals surface area contributed by atoms with Crippen molar-refractivity contribution < 1.29 is 9.18 Å². The number of hydrogen-bond acceptors (Lipinski definition) is 5. The van der Waals surface area contributed by atoms with Crippen molar-refractivity contribution in [2.45, 2.75) is 6.92 Å². The second kappa shape index (κ2) is 5.85. The van der Waals surface area contributed by atoms with Gasteiger partial charge in [0.2, 0.25) is 0 Å². The van der Waals surface area contributed by atoms with E-state index in [0.29, 0.717) is 12.4 Å². The van der Waals surface area contributed by atoms with Crippen molar-refractivity contribution in [2.24, 2.45) is 0 Å². The molecule has 0 saturated heterocycles. The first-order valence-corrected chi connectivity index (χ1v) is 5.67. The molecular weight excluding hydrogens is 249 g/mol. The molecule has 2 N–H and O–H groups in total. The summed E-state index contributed by atoms with van der Waals surface area (Å²) in [7, 11) is 0. The number of nitrogens with zero attached hydrogens (tertiary/aromatic N) is 3. The van der Waals surface area contributed by atoms with E-state index in [2.05, 4.69) is 25.6 Å². The SMILES string of the molecule is CCNc1cnc(C(=O)Nc2ccncc2F)cn1. The molecule has 98 valence electrons. The minimum absolute atomic E-state index is 0.0533. The van der Waals surface area contributed by atoms with Gasteiger partial charge in [0.15, 0.2) is 5.82 Å². The zero-order chi connectivity index (χ0) is 13.7. The second-order valence-corrected chi connectivity index (χ2v) is 3.63. The number of hydrogen-bond donors (Lipinski definition) is 2. The third-order valence-corrected chi connectivity index (χ3v) is 2.26. The third-order valence-electron chi connectivity index (χ3n) is 2.26. The fraction of sp³-hybridized carbons (Fsp3) is 0.167. The van der Waals surface area contributed by atoms with Crippen molar-refractivity contribution in [3.05, 3.63) is 42.4 Å². The maximum Gasteiger partial charge on any atom is 0.275 e. The highest BCUT2D eigenvalue weighted by Gasteiger charge is 2.10. The Labute approximate surface area is 109 Å². The molecular formula is C12H12FN5O. The summed E-state index contributed by atoms with van der Waals surface area (Å²) in [6, 6.07) is 1.37. The van der Waals surface area contributed by atoms with Crippen LogP contribution in [-0.2, 0) is 0 Å². The standard InChI is InChI=1S/C12H12FN5O/c1-2-15-11-7-16-10(6-17-11)12(19)18-9-3-4-14-5-8(9)13/h3-7H,2H2,1H3,(H,15,17)(H,14,18,19). The monoisotopic (exact) mass is 261 g/mol. The smallest absolute Gasteiger partial charge is 0.275 e. The zero-order valence-electron chi connectivity index (χ0n) is 10.2. The minimum atomic E-state index is -0.604. The summed E-state index contributed by atoms with van der Waals surface area (Å²) in [6.45, 7) is 2.64. The summed E-state index contributed by atoms with van der Waals surface area (Å²) in [5, 5.41) is 5.36. The van der Waals surface area contributed by atoms with E-state index < -0.39 is 11.7 Å². The van der Waals surface area contributed by atoms with Gasteiger partial charge in [-0.2, -0.15) is 0 Å². The van der Waals surface area contributed by atoms with Crippen molar-refractivity contribution in [3.63, 3.8) is 0 Å². The summed E-state index contributed by atoms with van der Waals surface area (Å²) in [5.74, 6) is -0.553. The van der Waals surface area contributed by atoms with E-state index in [0.717, 1.165) is 6.20 Å². The van der Waals surface area contributed by atoms with Crippen LogP contribution in [0.2, 0.25) is 0 Å². The average molecular weight is 261 g/mol. The van der Waals surface area contributed by atoms with Gasteiger partial charge < -0.3 is 10.6 Å². The van der Waals surface area contributed by atoms with Crippen LogP contribution in [0.5, 0.6) is 0 Å². The van der Waals surface area contributed by atoms with Crippen molar-refractivity contribution in [1.29, 1.82) is 0 Å². The van der Waals surface area contributed by atoms with E-state index in [1.165, 1.54) is 24.7 Å². The Hall–Kier alpha value is -2.57. The first-order chi connectivity index (χ1) is 9.20. The molecule has 0 aliphatic rings. The van der Waals surface area contributed by atoms with Crippen LogP contribution < -0.4 is 10.6 Å². The van der Waals surface area contributed by atoms with Crippen LogP contribution in [0, 0.1) is 5.82 Å². The van der Waals surface area contributed by atoms with Gasteiger partial charge in [0.25, 0.3) is 5.91 Å². The summed E-state index contributed by atoms with van der Waals surface area (Å²) < 4.78 is 13.3. The number of rotatable bonds is 4. The molecule has 6 nitrogen and oxygen atoms in total. The molecule has 0 radical (unpaired) electrons. The maximum absolute atomic E-state index is 13.3. The molecule has 0 spiro atoms. The van der Waals surface area contributed by atoms with E-state index in [9.17, 15) is 9.18 Å². The molecule has 0 aliphatic carbocycles. The number of aromatic nitrogens is 3. The van der Waals surface area contributed by atoms with Gasteiger partial charge in [0.1, 0.15) is 11.5 Å². The van der Waals surface area contributed by atoms with Crippen LogP contribution >= 0.6 is 0 Å². The Morgan fingerprint density at radius 2 is 2.16 bits per heavy atom. The number of carbonyl (C=O) groups is 1. The molecule has 0 atom stereocenters. The molecule has 0 fully saturated rings. The predicted molar refractivity (Wildman–Crippen MR) is 68.3 cm³/mol. The molecule has 0 bridgehead atoms. The maximum atomic E-state index is 13.3. The summed E-state index contributed by atoms with van der Waals surface area (Å²) >= 11 is 0. The minimum Gasteiger partial charge on any atom is -0.369 e. The lowest BCUT2D eigenvalue weighted by Crippen LogP contribution is -2.15. The summed E-state index contributed by atoms with van der Waals surface area (Å²) in [4.78, 5) is 23.4. The van der Waals surface area contributed by atoms with E-state index in [1.807, 2.05) is 6.92 Å². The highest BCUT2D eigenvalue weighted by molar-refractivity contribution is 6.02. The van der Waals surface area contributed by atoms with Crippen LogP contribution in [-0.4, -0.2) is 27.4 Å². The van der Waals surface area contributed by atoms with Gasteiger partial charge in [-0.25, -0.2) is 14.4 Å². The predicted octanol–water partition coefficient (Wildman–Crippen LogP) is 1.69. The van der Waals surface area contributed by atoms with Crippen LogP contribution in [0.4, 0.5) is 15.9 Å². The van der Waals surface area contributed by atoms with Crippen LogP contribution in [0.15, 0.2) is 30.9 Å². The van der Waals surface area contributed by atoms with Gasteiger partial charge in [-0.3, -0.25) is 9.78 Å². The first kappa shape index (κ1) is 12.9. The van der Waals surface area contributed by atoms with Gasteiger partial charge in [-0.05, 0) is 13.0 Å². The fourth-order valence-electron chi connectivity index (χ4n) is 1.38. The fourth-order valence-corrected chi connectivity index (χ4v) is 1.38. The Kier molecular flexibility index (Phi) is 3.97. The number of nitrogens with one attached hydrogen (secondary N) is 2. The average Bonchev–Trinajstić information content (AvgIpc) is 2.42. The molecule has 0 aromatic carbocycles. The number of carbonyl (C=O) groups excluding carboxylic acids is 1. The van der Waals surface area contributed by atoms with Crippen molar-refractivity contribution in [2.75, 3.05) is 17.2 Å². The first-order valence-electron chi connectivity index (χ1n) is 5.67. The summed E-state index contributed by atoms with van der Waals surface area (Å²) in [5.41, 5.74) is 0.162. The Balaban J connectivity index is 2.10. The number of halogens is 1. The topological polar surface area (TPSA) is 79.8 Å². The quantitative estimate of drug-likeness (QED) is 0.875. The van der Waals surface area contributed by atoms with E-state index in [4.69, 9.17) is 0 Å². The lowest BCUT2D eigenvalue weighted by Gasteiger charge is -2.06. The Morgan fingerprint density at radius 3 is 2.79 bits per heavy atom. The normalized spacial score (nSPS) is 10.0. The van der Waals surface area contributed by atoms with Crippen LogP contribution in [0.1, 0.15) is 17.4 Å². The molecule has 0 aliphatic heterocycles. The van der Waals surface area contributed by atoms with Gasteiger partial charge in [-0.1, -0.05) is 0 Å². The molecule has 2 rings (SSSR count). The van der Waals surface area contributed by atoms with Crippen molar-refractivity contribution >= 4 is 17.4 Å². The second-order valence-electron chi connectivity index (χ2n) is 3.63. The molecule has 0 unspecified atom stereocenters. The Bertz CT molecular complexity index is 573. The lowest BCUT2D eigenvalue weighted by atomic mass is 10.3. The van der Waals surface area contributed by atoms with Gasteiger partial charge in [0.05, 0.1) is 24.3 Å². The van der Waals surface area contributed by atoms with Gasteiger partial charge in [-0.15, -0.1) is 0 Å². The van der Waals surface area contributed by atoms with Crippen LogP contribution in [0.25, 0.3) is 0 Å². The highest BCUT2D eigenvalue weighted by Crippen LogP contribution is 2.12.